The molecule has 0 spiro atoms. The lowest BCUT2D eigenvalue weighted by atomic mass is 10.2. The van der Waals surface area contributed by atoms with E-state index in [1.54, 1.807) is 6.07 Å². The van der Waals surface area contributed by atoms with E-state index in [1.807, 2.05) is 6.92 Å². The maximum absolute atomic E-state index is 13.9. The zero-order valence-electron chi connectivity index (χ0n) is 21.5. The maximum atomic E-state index is 13.9. The van der Waals surface area contributed by atoms with Gasteiger partial charge >= 0.3 is 11.9 Å². The van der Waals surface area contributed by atoms with Crippen molar-refractivity contribution in [2.75, 3.05) is 6.54 Å². The van der Waals surface area contributed by atoms with Crippen LogP contribution in [-0.2, 0) is 32.7 Å². The number of carboxylic acids is 1. The second-order valence-corrected chi connectivity index (χ2v) is 11.6. The fourth-order valence-corrected chi connectivity index (χ4v) is 5.76. The van der Waals surface area contributed by atoms with Crippen LogP contribution in [0, 0.1) is 5.82 Å². The van der Waals surface area contributed by atoms with Crippen molar-refractivity contribution in [3.05, 3.63) is 52.7 Å². The Balaban J connectivity index is 0.000000809. The summed E-state index contributed by atoms with van der Waals surface area (Å²) in [5.41, 5.74) is 0.170. The molecule has 1 aromatic carbocycles. The zero-order chi connectivity index (χ0) is 27.0. The summed E-state index contributed by atoms with van der Waals surface area (Å²) in [7, 11) is -3.67. The van der Waals surface area contributed by atoms with E-state index >= 15 is 0 Å². The molecule has 2 N–H and O–H groups in total. The summed E-state index contributed by atoms with van der Waals surface area (Å²) in [6.45, 7) is 6.46. The summed E-state index contributed by atoms with van der Waals surface area (Å²) >= 11 is 0.945. The first kappa shape index (κ1) is 31.7. The van der Waals surface area contributed by atoms with E-state index in [0.29, 0.717) is 11.4 Å². The summed E-state index contributed by atoms with van der Waals surface area (Å²) in [4.78, 5) is 24.6. The Morgan fingerprint density at radius 2 is 1.53 bits per heavy atom. The maximum Gasteiger partial charge on any atom is 0.394 e. The molecule has 2 aromatic rings. The lowest BCUT2D eigenvalue weighted by molar-refractivity contribution is -0.156. The number of carboxylic acid groups (broad SMARTS) is 1. The minimum Gasteiger partial charge on any atom is -0.474 e. The lowest BCUT2D eigenvalue weighted by Gasteiger charge is -2.20. The number of amides is 1. The molecule has 0 saturated carbocycles. The third-order valence-electron chi connectivity index (χ3n) is 5.32. The summed E-state index contributed by atoms with van der Waals surface area (Å²) in [6, 6.07) is 8.69. The van der Waals surface area contributed by atoms with E-state index < -0.39 is 27.7 Å². The van der Waals surface area contributed by atoms with Crippen molar-refractivity contribution in [3.8, 4) is 0 Å². The largest absolute Gasteiger partial charge is 0.474 e. The van der Waals surface area contributed by atoms with Crippen molar-refractivity contribution in [1.82, 2.24) is 9.62 Å². The highest BCUT2D eigenvalue weighted by atomic mass is 32.2. The zero-order valence-corrected chi connectivity index (χ0v) is 23.1. The molecule has 7 nitrogen and oxygen atoms in total. The Morgan fingerprint density at radius 3 is 2.11 bits per heavy atom. The molecular weight excluding hydrogens is 503 g/mol. The van der Waals surface area contributed by atoms with Crippen LogP contribution in [0.15, 0.2) is 40.6 Å². The van der Waals surface area contributed by atoms with Crippen molar-refractivity contribution >= 4 is 33.2 Å². The molecular formula is C26H39FN2O5S2. The number of carbonyl (C=O) groups excluding carboxylic acids is 1. The molecule has 1 heterocycles. The van der Waals surface area contributed by atoms with Crippen LogP contribution in [0.2, 0.25) is 0 Å². The van der Waals surface area contributed by atoms with E-state index in [0.717, 1.165) is 35.5 Å². The third kappa shape index (κ3) is 11.6. The molecule has 1 amide bonds. The first-order chi connectivity index (χ1) is 17.2. The van der Waals surface area contributed by atoms with Crippen molar-refractivity contribution in [2.24, 2.45) is 0 Å². The van der Waals surface area contributed by atoms with Gasteiger partial charge < -0.3 is 10.0 Å². The minimum atomic E-state index is -3.67. The molecule has 0 aliphatic rings. The molecule has 0 radical (unpaired) electrons. The van der Waals surface area contributed by atoms with Gasteiger partial charge in [0.1, 0.15) is 10.0 Å². The van der Waals surface area contributed by atoms with Crippen LogP contribution < -0.4 is 4.72 Å². The number of thiophene rings is 1. The van der Waals surface area contributed by atoms with Crippen LogP contribution >= 0.6 is 11.3 Å². The first-order valence-corrected chi connectivity index (χ1v) is 14.8. The number of carbonyl (C=O) groups is 2. The number of rotatable bonds is 14. The molecule has 1 aromatic heterocycles. The van der Waals surface area contributed by atoms with Crippen molar-refractivity contribution < 1.29 is 27.5 Å². The number of sulfonamides is 1. The molecule has 0 bridgehead atoms. The van der Waals surface area contributed by atoms with Crippen molar-refractivity contribution in [1.29, 1.82) is 0 Å². The van der Waals surface area contributed by atoms with E-state index in [1.165, 1.54) is 62.4 Å². The van der Waals surface area contributed by atoms with Crippen molar-refractivity contribution in [2.45, 2.75) is 89.4 Å². The van der Waals surface area contributed by atoms with Crippen LogP contribution in [0.25, 0.3) is 0 Å². The minimum absolute atomic E-state index is 0.0811. The summed E-state index contributed by atoms with van der Waals surface area (Å²) < 4.78 is 41.2. The quantitative estimate of drug-likeness (QED) is 0.227. The monoisotopic (exact) mass is 542 g/mol. The van der Waals surface area contributed by atoms with Gasteiger partial charge in [0.15, 0.2) is 0 Å². The number of benzene rings is 1. The van der Waals surface area contributed by atoms with Crippen LogP contribution in [0.1, 0.15) is 82.6 Å². The lowest BCUT2D eigenvalue weighted by Crippen LogP contribution is -2.35. The summed E-state index contributed by atoms with van der Waals surface area (Å²) in [5.74, 6) is -3.41. The van der Waals surface area contributed by atoms with Gasteiger partial charge in [-0.15, -0.1) is 11.3 Å². The highest BCUT2D eigenvalue weighted by Crippen LogP contribution is 2.24. The summed E-state index contributed by atoms with van der Waals surface area (Å²) in [6.07, 6.45) is 9.63. The van der Waals surface area contributed by atoms with Gasteiger partial charge in [-0.05, 0) is 24.6 Å². The van der Waals surface area contributed by atoms with Gasteiger partial charge in [-0.3, -0.25) is 4.79 Å². The first-order valence-electron chi connectivity index (χ1n) is 12.5. The van der Waals surface area contributed by atoms with Gasteiger partial charge in [0, 0.05) is 23.5 Å². The highest BCUT2D eigenvalue weighted by molar-refractivity contribution is 7.91. The smallest absolute Gasteiger partial charge is 0.394 e. The average molecular weight is 543 g/mol. The van der Waals surface area contributed by atoms with E-state index in [4.69, 9.17) is 5.11 Å². The molecule has 0 saturated heterocycles. The number of nitrogens with one attached hydrogen (secondary N) is 1. The number of halogens is 1. The Kier molecular flexibility index (Phi) is 15.2. The Hall–Kier alpha value is -2.30. The number of unbranched alkanes of at least 4 members (excludes halogenated alkanes) is 6. The summed E-state index contributed by atoms with van der Waals surface area (Å²) in [5, 5.41) is 9.07. The molecule has 2 rings (SSSR count). The van der Waals surface area contributed by atoms with E-state index in [2.05, 4.69) is 18.6 Å². The van der Waals surface area contributed by atoms with Gasteiger partial charge in [0.05, 0.1) is 6.54 Å². The second kappa shape index (κ2) is 17.2. The van der Waals surface area contributed by atoms with Crippen LogP contribution in [0.5, 0.6) is 0 Å². The molecule has 0 aliphatic heterocycles. The van der Waals surface area contributed by atoms with Crippen LogP contribution in [0.3, 0.4) is 0 Å². The second-order valence-electron chi connectivity index (χ2n) is 8.44. The average Bonchev–Trinajstić information content (AvgIpc) is 3.33. The Bertz CT molecular complexity index is 1040. The number of hydrogen-bond donors (Lipinski definition) is 2. The van der Waals surface area contributed by atoms with Gasteiger partial charge in [0.2, 0.25) is 10.0 Å². The number of aliphatic carboxylic acids is 1. The standard InChI is InChI=1S/C19H23FN2O5S2.C7H16/c1-2-3-6-11-21-29(26,27)17-10-9-15(28-17)13-22(18(23)19(24)25)12-14-7-4-5-8-16(14)20;1-3-5-7-6-4-2/h4-5,7-10,21H,2-3,6,11-13H2,1H3,(H,24,25);3-7H2,1-2H3. The van der Waals surface area contributed by atoms with E-state index in [9.17, 15) is 22.4 Å². The topological polar surface area (TPSA) is 104 Å². The van der Waals surface area contributed by atoms with Gasteiger partial charge in [-0.1, -0.05) is 83.9 Å². The SMILES string of the molecule is CCCCCCC.CCCCCNS(=O)(=O)c1ccc(CN(Cc2ccccc2F)C(=O)C(=O)O)s1. The van der Waals surface area contributed by atoms with Gasteiger partial charge in [-0.25, -0.2) is 22.3 Å². The van der Waals surface area contributed by atoms with E-state index in [-0.39, 0.29) is 22.9 Å². The molecule has 202 valence electrons. The van der Waals surface area contributed by atoms with Gasteiger partial charge in [0.25, 0.3) is 0 Å². The molecule has 10 heteroatoms. The van der Waals surface area contributed by atoms with Crippen LogP contribution in [0.4, 0.5) is 4.39 Å². The van der Waals surface area contributed by atoms with Crippen molar-refractivity contribution in [3.63, 3.8) is 0 Å². The predicted octanol–water partition coefficient (Wildman–Crippen LogP) is 5.95. The fraction of sp³-hybridized carbons (Fsp3) is 0.538. The number of nitrogens with zero attached hydrogens (tertiary/aromatic N) is 1. The molecule has 0 atom stereocenters. The Labute approximate surface area is 218 Å². The predicted molar refractivity (Wildman–Crippen MR) is 142 cm³/mol. The normalized spacial score (nSPS) is 11.0. The Morgan fingerprint density at radius 1 is 0.917 bits per heavy atom. The highest BCUT2D eigenvalue weighted by Gasteiger charge is 2.24. The molecule has 36 heavy (non-hydrogen) atoms. The molecule has 0 fully saturated rings. The molecule has 0 unspecified atom stereocenters. The van der Waals surface area contributed by atoms with Crippen LogP contribution in [-0.4, -0.2) is 36.8 Å². The fourth-order valence-electron chi connectivity index (χ4n) is 3.27. The third-order valence-corrected chi connectivity index (χ3v) is 8.34. The molecule has 0 aliphatic carbocycles. The van der Waals surface area contributed by atoms with Gasteiger partial charge in [-0.2, -0.15) is 0 Å². The number of hydrogen-bond acceptors (Lipinski definition) is 5.